The fraction of sp³-hybridized carbons (Fsp3) is 0.400. The van der Waals surface area contributed by atoms with Gasteiger partial charge in [-0.25, -0.2) is 0 Å². The monoisotopic (exact) mass is 258 g/mol. The second-order valence-corrected chi connectivity index (χ2v) is 5.27. The third-order valence-electron chi connectivity index (χ3n) is 3.42. The van der Waals surface area contributed by atoms with Crippen LogP contribution in [0.25, 0.3) is 5.57 Å². The van der Waals surface area contributed by atoms with Crippen LogP contribution in [0.3, 0.4) is 0 Å². The Morgan fingerprint density at radius 3 is 2.42 bits per heavy atom. The number of rotatable bonds is 4. The van der Waals surface area contributed by atoms with Crippen LogP contribution in [-0.2, 0) is 0 Å². The highest BCUT2D eigenvalue weighted by atomic mass is 14.8. The topological polar surface area (TPSA) is 90.4 Å². The molecule has 102 valence electrons. The lowest BCUT2D eigenvalue weighted by molar-refractivity contribution is 0.849. The SMILES string of the molecule is CC(=NCC1CC1)C(=C(C)N)c1ccc(N)c(N)c1. The predicted octanol–water partition coefficient (Wildman–Crippen LogP) is 2.41. The molecule has 0 saturated heterocycles. The van der Waals surface area contributed by atoms with Crippen molar-refractivity contribution in [2.45, 2.75) is 26.7 Å². The van der Waals surface area contributed by atoms with Crippen molar-refractivity contribution >= 4 is 22.7 Å². The molecule has 1 saturated carbocycles. The fourth-order valence-corrected chi connectivity index (χ4v) is 2.10. The minimum Gasteiger partial charge on any atom is -0.402 e. The third kappa shape index (κ3) is 3.28. The molecule has 0 radical (unpaired) electrons. The van der Waals surface area contributed by atoms with Crippen molar-refractivity contribution in [3.63, 3.8) is 0 Å². The van der Waals surface area contributed by atoms with Crippen LogP contribution < -0.4 is 17.2 Å². The van der Waals surface area contributed by atoms with Gasteiger partial charge >= 0.3 is 0 Å². The lowest BCUT2D eigenvalue weighted by Crippen LogP contribution is -2.07. The molecule has 0 aromatic heterocycles. The number of benzene rings is 1. The Bertz CT molecular complexity index is 535. The van der Waals surface area contributed by atoms with Crippen LogP contribution in [0.1, 0.15) is 32.3 Å². The van der Waals surface area contributed by atoms with Crippen LogP contribution in [0.5, 0.6) is 0 Å². The van der Waals surface area contributed by atoms with E-state index in [-0.39, 0.29) is 0 Å². The van der Waals surface area contributed by atoms with Gasteiger partial charge in [-0.15, -0.1) is 0 Å². The highest BCUT2D eigenvalue weighted by Crippen LogP contribution is 2.30. The summed E-state index contributed by atoms with van der Waals surface area (Å²) >= 11 is 0. The average Bonchev–Trinajstić information content (AvgIpc) is 3.15. The van der Waals surface area contributed by atoms with E-state index in [0.717, 1.165) is 35.0 Å². The number of nitrogens with two attached hydrogens (primary N) is 3. The van der Waals surface area contributed by atoms with E-state index in [9.17, 15) is 0 Å². The zero-order chi connectivity index (χ0) is 14.0. The van der Waals surface area contributed by atoms with Gasteiger partial charge in [0.2, 0.25) is 0 Å². The van der Waals surface area contributed by atoms with E-state index in [0.29, 0.717) is 11.4 Å². The second-order valence-electron chi connectivity index (χ2n) is 5.27. The lowest BCUT2D eigenvalue weighted by atomic mass is 9.99. The van der Waals surface area contributed by atoms with Gasteiger partial charge in [-0.05, 0) is 50.3 Å². The van der Waals surface area contributed by atoms with Gasteiger partial charge in [0.1, 0.15) is 0 Å². The molecule has 2 rings (SSSR count). The molecule has 0 atom stereocenters. The summed E-state index contributed by atoms with van der Waals surface area (Å²) in [6.07, 6.45) is 2.60. The first-order valence-corrected chi connectivity index (χ1v) is 6.62. The molecule has 0 amide bonds. The summed E-state index contributed by atoms with van der Waals surface area (Å²) in [5, 5.41) is 0. The number of nitrogen functional groups attached to an aromatic ring is 2. The Hall–Kier alpha value is -1.97. The van der Waals surface area contributed by atoms with E-state index in [1.807, 2.05) is 32.0 Å². The summed E-state index contributed by atoms with van der Waals surface area (Å²) in [6.45, 7) is 4.78. The molecule has 1 fully saturated rings. The zero-order valence-electron chi connectivity index (χ0n) is 11.6. The molecule has 0 spiro atoms. The van der Waals surface area contributed by atoms with Crippen molar-refractivity contribution in [2.24, 2.45) is 16.6 Å². The summed E-state index contributed by atoms with van der Waals surface area (Å²) < 4.78 is 0. The number of allylic oxidation sites excluding steroid dienone is 2. The van der Waals surface area contributed by atoms with Crippen molar-refractivity contribution in [1.82, 2.24) is 0 Å². The molecule has 1 aliphatic rings. The van der Waals surface area contributed by atoms with E-state index in [4.69, 9.17) is 17.2 Å². The molecule has 0 aliphatic heterocycles. The largest absolute Gasteiger partial charge is 0.402 e. The first-order chi connectivity index (χ1) is 8.99. The van der Waals surface area contributed by atoms with E-state index < -0.39 is 0 Å². The number of nitrogens with zero attached hydrogens (tertiary/aromatic N) is 1. The molecule has 1 aliphatic carbocycles. The molecular formula is C15H22N4. The molecule has 1 aromatic rings. The summed E-state index contributed by atoms with van der Waals surface area (Å²) in [5.74, 6) is 0.769. The minimum atomic E-state index is 0.575. The van der Waals surface area contributed by atoms with Crippen LogP contribution in [0.4, 0.5) is 11.4 Å². The fourth-order valence-electron chi connectivity index (χ4n) is 2.10. The Kier molecular flexibility index (Phi) is 3.79. The van der Waals surface area contributed by atoms with E-state index in [1.54, 1.807) is 0 Å². The molecule has 0 bridgehead atoms. The quantitative estimate of drug-likeness (QED) is 0.572. The van der Waals surface area contributed by atoms with E-state index >= 15 is 0 Å². The molecular weight excluding hydrogens is 236 g/mol. The Labute approximate surface area is 114 Å². The molecule has 4 nitrogen and oxygen atoms in total. The Morgan fingerprint density at radius 1 is 1.21 bits per heavy atom. The summed E-state index contributed by atoms with van der Waals surface area (Å²) in [6, 6.07) is 5.60. The van der Waals surface area contributed by atoms with Crippen molar-refractivity contribution < 1.29 is 0 Å². The first-order valence-electron chi connectivity index (χ1n) is 6.62. The van der Waals surface area contributed by atoms with Crippen LogP contribution in [0.15, 0.2) is 28.9 Å². The number of aliphatic imine (C=N–C) groups is 1. The van der Waals surface area contributed by atoms with Gasteiger partial charge in [-0.3, -0.25) is 4.99 Å². The second kappa shape index (κ2) is 5.34. The minimum absolute atomic E-state index is 0.575. The zero-order valence-corrected chi connectivity index (χ0v) is 11.6. The molecule has 6 N–H and O–H groups in total. The maximum Gasteiger partial charge on any atom is 0.0554 e. The van der Waals surface area contributed by atoms with Gasteiger partial charge in [0.05, 0.1) is 11.4 Å². The number of anilines is 2. The number of hydrogen-bond donors (Lipinski definition) is 3. The normalized spacial score (nSPS) is 17.3. The maximum atomic E-state index is 6.01. The Morgan fingerprint density at radius 2 is 1.89 bits per heavy atom. The van der Waals surface area contributed by atoms with Gasteiger partial charge in [0, 0.05) is 23.5 Å². The van der Waals surface area contributed by atoms with Gasteiger partial charge in [-0.2, -0.15) is 0 Å². The summed E-state index contributed by atoms with van der Waals surface area (Å²) in [4.78, 5) is 4.64. The standard InChI is InChI=1S/C15H22N4/c1-9(16)15(10(2)19-8-11-3-4-11)12-5-6-13(17)14(18)7-12/h5-7,11H,3-4,8,16-18H2,1-2H3. The number of hydrogen-bond acceptors (Lipinski definition) is 4. The van der Waals surface area contributed by atoms with Gasteiger partial charge in [-0.1, -0.05) is 6.07 Å². The van der Waals surface area contributed by atoms with Crippen molar-refractivity contribution in [2.75, 3.05) is 18.0 Å². The van der Waals surface area contributed by atoms with Crippen molar-refractivity contribution in [1.29, 1.82) is 0 Å². The highest BCUT2D eigenvalue weighted by Gasteiger charge is 2.20. The van der Waals surface area contributed by atoms with Gasteiger partial charge in [0.25, 0.3) is 0 Å². The van der Waals surface area contributed by atoms with Crippen LogP contribution in [0.2, 0.25) is 0 Å². The first kappa shape index (κ1) is 13.5. The molecule has 19 heavy (non-hydrogen) atoms. The lowest BCUT2D eigenvalue weighted by Gasteiger charge is -2.12. The summed E-state index contributed by atoms with van der Waals surface area (Å²) in [5.41, 5.74) is 22.4. The molecule has 1 aromatic carbocycles. The van der Waals surface area contributed by atoms with Crippen molar-refractivity contribution in [3.05, 3.63) is 29.5 Å². The van der Waals surface area contributed by atoms with Gasteiger partial charge < -0.3 is 17.2 Å². The smallest absolute Gasteiger partial charge is 0.0554 e. The van der Waals surface area contributed by atoms with Crippen LogP contribution in [-0.4, -0.2) is 12.3 Å². The third-order valence-corrected chi connectivity index (χ3v) is 3.42. The average molecular weight is 258 g/mol. The van der Waals surface area contributed by atoms with Gasteiger partial charge in [0.15, 0.2) is 0 Å². The van der Waals surface area contributed by atoms with Crippen molar-refractivity contribution in [3.8, 4) is 0 Å². The predicted molar refractivity (Wildman–Crippen MR) is 82.7 cm³/mol. The summed E-state index contributed by atoms with van der Waals surface area (Å²) in [7, 11) is 0. The molecule has 4 heteroatoms. The molecule has 0 unspecified atom stereocenters. The highest BCUT2D eigenvalue weighted by molar-refractivity contribution is 6.23. The van der Waals surface area contributed by atoms with E-state index in [1.165, 1.54) is 12.8 Å². The van der Waals surface area contributed by atoms with Crippen LogP contribution >= 0.6 is 0 Å². The maximum absolute atomic E-state index is 6.01. The Balaban J connectivity index is 2.31. The van der Waals surface area contributed by atoms with Crippen LogP contribution in [0, 0.1) is 5.92 Å². The molecule has 0 heterocycles. The van der Waals surface area contributed by atoms with E-state index in [2.05, 4.69) is 4.99 Å².